The Morgan fingerprint density at radius 2 is 2.38 bits per heavy atom. The van der Waals surface area contributed by atoms with Gasteiger partial charge in [-0.1, -0.05) is 18.3 Å². The molecule has 6 heteroatoms. The molecule has 0 aliphatic carbocycles. The molecule has 0 saturated carbocycles. The highest BCUT2D eigenvalue weighted by Crippen LogP contribution is 2.15. The number of hydrogen-bond acceptors (Lipinski definition) is 5. The number of amides is 1. The highest BCUT2D eigenvalue weighted by molar-refractivity contribution is 7.15. The van der Waals surface area contributed by atoms with Gasteiger partial charge in [-0.2, -0.15) is 0 Å². The maximum Gasteiger partial charge on any atom is 0.242 e. The average molecular weight is 200 g/mol. The lowest BCUT2D eigenvalue weighted by atomic mass is 10.3. The van der Waals surface area contributed by atoms with E-state index in [1.807, 2.05) is 6.92 Å². The van der Waals surface area contributed by atoms with Gasteiger partial charge in [-0.05, 0) is 13.3 Å². The molecule has 1 atom stereocenters. The van der Waals surface area contributed by atoms with Crippen LogP contribution in [0, 0.1) is 0 Å². The summed E-state index contributed by atoms with van der Waals surface area (Å²) in [5.74, 6) is -0.237. The van der Waals surface area contributed by atoms with Crippen molar-refractivity contribution < 1.29 is 4.79 Å². The Balaban J connectivity index is 2.59. The summed E-state index contributed by atoms with van der Waals surface area (Å²) in [6.07, 6.45) is 0.825. The van der Waals surface area contributed by atoms with Gasteiger partial charge in [0.05, 0.1) is 6.04 Å². The van der Waals surface area contributed by atoms with Crippen molar-refractivity contribution >= 4 is 22.4 Å². The number of nitrogens with two attached hydrogens (primary N) is 1. The molecule has 0 saturated heterocycles. The van der Waals surface area contributed by atoms with Crippen molar-refractivity contribution in [3.8, 4) is 0 Å². The number of rotatable bonds is 3. The molecule has 1 aromatic rings. The molecule has 0 unspecified atom stereocenters. The summed E-state index contributed by atoms with van der Waals surface area (Å²) >= 11 is 1.37. The van der Waals surface area contributed by atoms with Gasteiger partial charge in [0.1, 0.15) is 5.01 Å². The van der Waals surface area contributed by atoms with E-state index in [1.54, 1.807) is 6.92 Å². The van der Waals surface area contributed by atoms with Gasteiger partial charge >= 0.3 is 0 Å². The van der Waals surface area contributed by atoms with E-state index in [2.05, 4.69) is 15.5 Å². The van der Waals surface area contributed by atoms with Gasteiger partial charge in [0.15, 0.2) is 0 Å². The second kappa shape index (κ2) is 4.29. The monoisotopic (exact) mass is 200 g/mol. The first-order valence-electron chi connectivity index (χ1n) is 4.02. The number of hydrogen-bond donors (Lipinski definition) is 2. The van der Waals surface area contributed by atoms with E-state index in [1.165, 1.54) is 11.3 Å². The van der Waals surface area contributed by atoms with Crippen LogP contribution in [-0.4, -0.2) is 22.1 Å². The van der Waals surface area contributed by atoms with Gasteiger partial charge in [-0.3, -0.25) is 10.1 Å². The fourth-order valence-electron chi connectivity index (χ4n) is 0.666. The van der Waals surface area contributed by atoms with Crippen LogP contribution < -0.4 is 11.1 Å². The molecule has 0 bridgehead atoms. The van der Waals surface area contributed by atoms with Crippen LogP contribution >= 0.6 is 11.3 Å². The summed E-state index contributed by atoms with van der Waals surface area (Å²) in [5, 5.41) is 11.6. The molecule has 13 heavy (non-hydrogen) atoms. The van der Waals surface area contributed by atoms with Gasteiger partial charge < -0.3 is 5.73 Å². The Morgan fingerprint density at radius 1 is 1.69 bits per heavy atom. The van der Waals surface area contributed by atoms with Crippen molar-refractivity contribution in [1.82, 2.24) is 10.2 Å². The van der Waals surface area contributed by atoms with Crippen LogP contribution in [0.4, 0.5) is 5.13 Å². The average Bonchev–Trinajstić information content (AvgIpc) is 2.52. The molecule has 0 radical (unpaired) electrons. The fourth-order valence-corrected chi connectivity index (χ4v) is 1.35. The van der Waals surface area contributed by atoms with Gasteiger partial charge in [0.2, 0.25) is 11.0 Å². The summed E-state index contributed by atoms with van der Waals surface area (Å²) in [6, 6.07) is -0.519. The Kier molecular flexibility index (Phi) is 3.32. The predicted octanol–water partition coefficient (Wildman–Crippen LogP) is 0.386. The zero-order valence-electron chi connectivity index (χ0n) is 7.57. The van der Waals surface area contributed by atoms with Crippen LogP contribution in [0.15, 0.2) is 0 Å². The normalized spacial score (nSPS) is 12.5. The molecule has 5 nitrogen and oxygen atoms in total. The SMILES string of the molecule is CCc1nnc(NC(=O)[C@H](C)N)s1. The first kappa shape index (κ1) is 10.1. The molecule has 0 fully saturated rings. The summed E-state index contributed by atoms with van der Waals surface area (Å²) in [5.41, 5.74) is 5.37. The van der Waals surface area contributed by atoms with Gasteiger partial charge in [0.25, 0.3) is 0 Å². The summed E-state index contributed by atoms with van der Waals surface area (Å²) in [4.78, 5) is 11.1. The number of nitrogens with one attached hydrogen (secondary N) is 1. The number of nitrogens with zero attached hydrogens (tertiary/aromatic N) is 2. The van der Waals surface area contributed by atoms with Crippen LogP contribution in [0.1, 0.15) is 18.9 Å². The van der Waals surface area contributed by atoms with Crippen LogP contribution in [0.2, 0.25) is 0 Å². The van der Waals surface area contributed by atoms with E-state index in [0.717, 1.165) is 11.4 Å². The summed E-state index contributed by atoms with van der Waals surface area (Å²) in [7, 11) is 0. The molecule has 0 aliphatic rings. The molecule has 0 spiro atoms. The van der Waals surface area contributed by atoms with Crippen molar-refractivity contribution in [2.24, 2.45) is 5.73 Å². The summed E-state index contributed by atoms with van der Waals surface area (Å²) in [6.45, 7) is 3.61. The third-order valence-electron chi connectivity index (χ3n) is 1.41. The van der Waals surface area contributed by atoms with Gasteiger partial charge in [-0.25, -0.2) is 0 Å². The first-order valence-corrected chi connectivity index (χ1v) is 4.84. The zero-order chi connectivity index (χ0) is 9.84. The minimum absolute atomic E-state index is 0.237. The van der Waals surface area contributed by atoms with Crippen molar-refractivity contribution in [1.29, 1.82) is 0 Å². The van der Waals surface area contributed by atoms with Gasteiger partial charge in [-0.15, -0.1) is 10.2 Å². The van der Waals surface area contributed by atoms with E-state index in [4.69, 9.17) is 5.73 Å². The first-order chi connectivity index (χ1) is 6.13. The molecule has 1 rings (SSSR count). The fraction of sp³-hybridized carbons (Fsp3) is 0.571. The Bertz CT molecular complexity index is 296. The topological polar surface area (TPSA) is 80.9 Å². The van der Waals surface area contributed by atoms with Crippen molar-refractivity contribution in [3.05, 3.63) is 5.01 Å². The maximum absolute atomic E-state index is 11.1. The lowest BCUT2D eigenvalue weighted by Crippen LogP contribution is -2.32. The van der Waals surface area contributed by atoms with Crippen molar-refractivity contribution in [3.63, 3.8) is 0 Å². The molecule has 72 valence electrons. The quantitative estimate of drug-likeness (QED) is 0.739. The summed E-state index contributed by atoms with van der Waals surface area (Å²) < 4.78 is 0. The predicted molar refractivity (Wildman–Crippen MR) is 51.6 cm³/mol. The lowest BCUT2D eigenvalue weighted by molar-refractivity contribution is -0.117. The van der Waals surface area contributed by atoms with Crippen molar-refractivity contribution in [2.75, 3.05) is 5.32 Å². The van der Waals surface area contributed by atoms with E-state index in [-0.39, 0.29) is 5.91 Å². The number of anilines is 1. The highest BCUT2D eigenvalue weighted by atomic mass is 32.1. The van der Waals surface area contributed by atoms with E-state index in [0.29, 0.717) is 5.13 Å². The highest BCUT2D eigenvalue weighted by Gasteiger charge is 2.10. The second-order valence-electron chi connectivity index (χ2n) is 2.63. The number of carbonyl (C=O) groups excluding carboxylic acids is 1. The van der Waals surface area contributed by atoms with Crippen LogP contribution in [0.5, 0.6) is 0 Å². The van der Waals surface area contributed by atoms with Crippen LogP contribution in [0.25, 0.3) is 0 Å². The standard InChI is InChI=1S/C7H12N4OS/c1-3-5-10-11-7(13-5)9-6(12)4(2)8/h4H,3,8H2,1-2H3,(H,9,11,12)/t4-/m0/s1. The molecule has 1 heterocycles. The third-order valence-corrected chi connectivity index (χ3v) is 2.40. The minimum atomic E-state index is -0.519. The largest absolute Gasteiger partial charge is 0.320 e. The van der Waals surface area contributed by atoms with E-state index >= 15 is 0 Å². The molecule has 0 aromatic carbocycles. The molecular formula is C7H12N4OS. The molecule has 3 N–H and O–H groups in total. The molecule has 1 aromatic heterocycles. The van der Waals surface area contributed by atoms with Gasteiger partial charge in [0, 0.05) is 0 Å². The molecule has 1 amide bonds. The molecule has 0 aliphatic heterocycles. The Hall–Kier alpha value is -1.01. The number of carbonyl (C=O) groups is 1. The Morgan fingerprint density at radius 3 is 2.85 bits per heavy atom. The van der Waals surface area contributed by atoms with Crippen molar-refractivity contribution in [2.45, 2.75) is 26.3 Å². The lowest BCUT2D eigenvalue weighted by Gasteiger charge is -2.02. The number of aromatic nitrogens is 2. The maximum atomic E-state index is 11.1. The third kappa shape index (κ3) is 2.74. The number of aryl methyl sites for hydroxylation is 1. The van der Waals surface area contributed by atoms with E-state index in [9.17, 15) is 4.79 Å². The zero-order valence-corrected chi connectivity index (χ0v) is 8.39. The van der Waals surface area contributed by atoms with E-state index < -0.39 is 6.04 Å². The Labute approximate surface area is 80.4 Å². The smallest absolute Gasteiger partial charge is 0.242 e. The second-order valence-corrected chi connectivity index (χ2v) is 3.69. The van der Waals surface area contributed by atoms with Crippen LogP contribution in [0.3, 0.4) is 0 Å². The minimum Gasteiger partial charge on any atom is -0.320 e. The van der Waals surface area contributed by atoms with Crippen LogP contribution in [-0.2, 0) is 11.2 Å². The molecular weight excluding hydrogens is 188 g/mol.